The maximum atomic E-state index is 12.7. The lowest BCUT2D eigenvalue weighted by Gasteiger charge is -2.23. The molecule has 1 heterocycles. The van der Waals surface area contributed by atoms with Crippen LogP contribution in [0, 0.1) is 0 Å². The first-order chi connectivity index (χ1) is 9.93. The predicted octanol–water partition coefficient (Wildman–Crippen LogP) is 2.88. The number of aromatic nitrogens is 1. The third-order valence-electron chi connectivity index (χ3n) is 3.32. The van der Waals surface area contributed by atoms with Crippen LogP contribution in [0.3, 0.4) is 0 Å². The average Bonchev–Trinajstić information content (AvgIpc) is 2.48. The fourth-order valence-corrected chi connectivity index (χ4v) is 2.19. The van der Waals surface area contributed by atoms with Gasteiger partial charge in [-0.1, -0.05) is 12.1 Å². The maximum absolute atomic E-state index is 12.7. The van der Waals surface area contributed by atoms with E-state index in [1.807, 2.05) is 0 Å². The number of pyridine rings is 1. The summed E-state index contributed by atoms with van der Waals surface area (Å²) in [5.74, 6) is -0.489. The molecule has 2 unspecified atom stereocenters. The number of aliphatic hydroxyl groups excluding tert-OH is 1. The lowest BCUT2D eigenvalue weighted by Crippen LogP contribution is -2.20. The largest absolute Gasteiger partial charge is 0.416 e. The molecule has 21 heavy (non-hydrogen) atoms. The fraction of sp³-hybridized carbons (Fsp3) is 0.267. The number of alkyl halides is 3. The molecule has 3 N–H and O–H groups in total. The number of nitrogens with zero attached hydrogens (tertiary/aromatic N) is 1. The van der Waals surface area contributed by atoms with Crippen LogP contribution in [0.1, 0.15) is 28.7 Å². The van der Waals surface area contributed by atoms with Crippen LogP contribution in [0.4, 0.5) is 13.2 Å². The summed E-state index contributed by atoms with van der Waals surface area (Å²) in [7, 11) is 0. The van der Waals surface area contributed by atoms with Gasteiger partial charge in [0.1, 0.15) is 0 Å². The Balaban J connectivity index is 2.32. The molecule has 0 radical (unpaired) electrons. The molecule has 1 aromatic heterocycles. The summed E-state index contributed by atoms with van der Waals surface area (Å²) >= 11 is 0. The van der Waals surface area contributed by atoms with Crippen molar-refractivity contribution in [2.75, 3.05) is 6.54 Å². The maximum Gasteiger partial charge on any atom is 0.416 e. The number of nitrogens with two attached hydrogens (primary N) is 1. The second-order valence-electron chi connectivity index (χ2n) is 4.69. The zero-order chi connectivity index (χ0) is 15.5. The van der Waals surface area contributed by atoms with Gasteiger partial charge < -0.3 is 10.8 Å². The molecule has 0 aliphatic heterocycles. The highest BCUT2D eigenvalue weighted by Crippen LogP contribution is 2.34. The zero-order valence-electron chi connectivity index (χ0n) is 11.1. The van der Waals surface area contributed by atoms with Crippen molar-refractivity contribution in [1.29, 1.82) is 0 Å². The molecule has 1 aromatic carbocycles. The summed E-state index contributed by atoms with van der Waals surface area (Å²) in [6, 6.07) is 8.04. The van der Waals surface area contributed by atoms with E-state index in [1.54, 1.807) is 24.5 Å². The summed E-state index contributed by atoms with van der Waals surface area (Å²) in [5.41, 5.74) is 5.80. The van der Waals surface area contributed by atoms with E-state index in [-0.39, 0.29) is 12.1 Å². The fourth-order valence-electron chi connectivity index (χ4n) is 2.19. The molecule has 6 heteroatoms. The minimum absolute atomic E-state index is 0.113. The molecule has 0 saturated carbocycles. The van der Waals surface area contributed by atoms with Crippen molar-refractivity contribution >= 4 is 0 Å². The molecule has 0 saturated heterocycles. The molecule has 0 aliphatic rings. The number of halogens is 3. The molecule has 3 nitrogen and oxygen atoms in total. The highest BCUT2D eigenvalue weighted by atomic mass is 19.4. The smallest absolute Gasteiger partial charge is 0.388 e. The Kier molecular flexibility index (Phi) is 4.59. The Hall–Kier alpha value is -1.92. The van der Waals surface area contributed by atoms with Crippen LogP contribution in [0.5, 0.6) is 0 Å². The summed E-state index contributed by atoms with van der Waals surface area (Å²) in [5, 5.41) is 10.4. The van der Waals surface area contributed by atoms with E-state index >= 15 is 0 Å². The van der Waals surface area contributed by atoms with Gasteiger partial charge in [0, 0.05) is 24.9 Å². The van der Waals surface area contributed by atoms with Gasteiger partial charge >= 0.3 is 6.18 Å². The van der Waals surface area contributed by atoms with E-state index in [9.17, 15) is 18.3 Å². The standard InChI is InChI=1S/C15H15F3N2O/c16-15(17,18)12-3-1-2-11(8-12)14(21)13(9-19)10-4-6-20-7-5-10/h1-8,13-14,21H,9,19H2. The van der Waals surface area contributed by atoms with Gasteiger partial charge in [0.25, 0.3) is 0 Å². The first kappa shape index (κ1) is 15.5. The molecule has 0 spiro atoms. The highest BCUT2D eigenvalue weighted by Gasteiger charge is 2.31. The van der Waals surface area contributed by atoms with Crippen molar-refractivity contribution in [3.05, 3.63) is 65.5 Å². The monoisotopic (exact) mass is 296 g/mol. The van der Waals surface area contributed by atoms with Crippen molar-refractivity contribution in [2.24, 2.45) is 5.73 Å². The van der Waals surface area contributed by atoms with E-state index in [0.29, 0.717) is 0 Å². The van der Waals surface area contributed by atoms with Crippen LogP contribution in [-0.4, -0.2) is 16.6 Å². The summed E-state index contributed by atoms with van der Waals surface area (Å²) < 4.78 is 38.2. The minimum Gasteiger partial charge on any atom is -0.388 e. The Bertz CT molecular complexity index is 587. The quantitative estimate of drug-likeness (QED) is 0.912. The number of hydrogen-bond donors (Lipinski definition) is 2. The second-order valence-corrected chi connectivity index (χ2v) is 4.69. The van der Waals surface area contributed by atoms with Crippen molar-refractivity contribution in [2.45, 2.75) is 18.2 Å². The number of aliphatic hydroxyl groups is 1. The third-order valence-corrected chi connectivity index (χ3v) is 3.32. The highest BCUT2D eigenvalue weighted by molar-refractivity contribution is 5.30. The van der Waals surface area contributed by atoms with Gasteiger partial charge in [0.05, 0.1) is 11.7 Å². The van der Waals surface area contributed by atoms with Gasteiger partial charge in [-0.15, -0.1) is 0 Å². The Morgan fingerprint density at radius 3 is 2.33 bits per heavy atom. The topological polar surface area (TPSA) is 59.1 Å². The molecule has 0 fully saturated rings. The van der Waals surface area contributed by atoms with E-state index in [0.717, 1.165) is 17.7 Å². The Labute approximate surface area is 120 Å². The average molecular weight is 296 g/mol. The van der Waals surface area contributed by atoms with Gasteiger partial charge in [-0.25, -0.2) is 0 Å². The summed E-state index contributed by atoms with van der Waals surface area (Å²) in [6.07, 6.45) is -2.45. The van der Waals surface area contributed by atoms with Crippen molar-refractivity contribution < 1.29 is 18.3 Å². The van der Waals surface area contributed by atoms with Gasteiger partial charge in [0.2, 0.25) is 0 Å². The molecular weight excluding hydrogens is 281 g/mol. The SMILES string of the molecule is NCC(c1ccncc1)C(O)c1cccc(C(F)(F)F)c1. The first-order valence-corrected chi connectivity index (χ1v) is 6.38. The van der Waals surface area contributed by atoms with E-state index in [2.05, 4.69) is 4.98 Å². The van der Waals surface area contributed by atoms with Crippen LogP contribution >= 0.6 is 0 Å². The third kappa shape index (κ3) is 3.59. The lowest BCUT2D eigenvalue weighted by atomic mass is 9.89. The molecular formula is C15H15F3N2O. The number of hydrogen-bond acceptors (Lipinski definition) is 3. The van der Waals surface area contributed by atoms with Gasteiger partial charge in [-0.05, 0) is 35.4 Å². The molecule has 2 atom stereocenters. The Morgan fingerprint density at radius 1 is 1.10 bits per heavy atom. The van der Waals surface area contributed by atoms with Gasteiger partial charge in [-0.3, -0.25) is 4.98 Å². The molecule has 0 bridgehead atoms. The molecule has 112 valence electrons. The van der Waals surface area contributed by atoms with Crippen molar-refractivity contribution in [3.63, 3.8) is 0 Å². The van der Waals surface area contributed by atoms with Crippen molar-refractivity contribution in [3.8, 4) is 0 Å². The molecule has 2 aromatic rings. The summed E-state index contributed by atoms with van der Waals surface area (Å²) in [4.78, 5) is 3.87. The number of benzene rings is 1. The van der Waals surface area contributed by atoms with Gasteiger partial charge in [-0.2, -0.15) is 13.2 Å². The Morgan fingerprint density at radius 2 is 1.76 bits per heavy atom. The van der Waals surface area contributed by atoms with E-state index in [4.69, 9.17) is 5.73 Å². The normalized spacial score (nSPS) is 14.7. The zero-order valence-corrected chi connectivity index (χ0v) is 11.1. The van der Waals surface area contributed by atoms with Crippen LogP contribution < -0.4 is 5.73 Å². The molecule has 0 amide bonds. The first-order valence-electron chi connectivity index (χ1n) is 6.38. The van der Waals surface area contributed by atoms with Crippen LogP contribution in [0.15, 0.2) is 48.8 Å². The summed E-state index contributed by atoms with van der Waals surface area (Å²) in [6.45, 7) is 0.113. The molecule has 2 rings (SSSR count). The van der Waals surface area contributed by atoms with Gasteiger partial charge in [0.15, 0.2) is 0 Å². The second kappa shape index (κ2) is 6.24. The van der Waals surface area contributed by atoms with E-state index < -0.39 is 23.8 Å². The van der Waals surface area contributed by atoms with E-state index in [1.165, 1.54) is 12.1 Å². The van der Waals surface area contributed by atoms with Crippen LogP contribution in [0.25, 0.3) is 0 Å². The molecule has 0 aliphatic carbocycles. The number of rotatable bonds is 4. The predicted molar refractivity (Wildman–Crippen MR) is 72.4 cm³/mol. The minimum atomic E-state index is -4.44. The van der Waals surface area contributed by atoms with Crippen LogP contribution in [0.2, 0.25) is 0 Å². The van der Waals surface area contributed by atoms with Crippen molar-refractivity contribution in [1.82, 2.24) is 4.98 Å². The van der Waals surface area contributed by atoms with Crippen LogP contribution in [-0.2, 0) is 6.18 Å². The lowest BCUT2D eigenvalue weighted by molar-refractivity contribution is -0.137.